The molecule has 2 atom stereocenters. The number of halogens is 1. The van der Waals surface area contributed by atoms with Gasteiger partial charge in [-0.2, -0.15) is 0 Å². The van der Waals surface area contributed by atoms with Crippen LogP contribution in [0.4, 0.5) is 0 Å². The Morgan fingerprint density at radius 1 is 1.40 bits per heavy atom. The average Bonchev–Trinajstić information content (AvgIpc) is 2.22. The van der Waals surface area contributed by atoms with Crippen LogP contribution in [0.3, 0.4) is 0 Å². The van der Waals surface area contributed by atoms with E-state index in [-0.39, 0.29) is 18.3 Å². The molecule has 2 aliphatic heterocycles. The molecule has 0 spiro atoms. The van der Waals surface area contributed by atoms with Crippen LogP contribution < -0.4 is 10.6 Å². The van der Waals surface area contributed by atoms with Gasteiger partial charge in [0.25, 0.3) is 0 Å². The summed E-state index contributed by atoms with van der Waals surface area (Å²) in [5, 5.41) is 6.14. The molecular formula is C6H11ClN2O. The van der Waals surface area contributed by atoms with E-state index in [9.17, 15) is 4.79 Å². The number of amides is 1. The molecule has 0 aliphatic carbocycles. The van der Waals surface area contributed by atoms with Gasteiger partial charge in [-0.25, -0.2) is 0 Å². The molecule has 0 saturated carbocycles. The lowest BCUT2D eigenvalue weighted by atomic mass is 10.1. The zero-order valence-electron chi connectivity index (χ0n) is 5.59. The van der Waals surface area contributed by atoms with E-state index in [1.807, 2.05) is 0 Å². The second kappa shape index (κ2) is 2.76. The van der Waals surface area contributed by atoms with Crippen molar-refractivity contribution in [2.75, 3.05) is 13.1 Å². The Morgan fingerprint density at radius 2 is 2.20 bits per heavy atom. The zero-order chi connectivity index (χ0) is 6.27. The molecule has 2 saturated heterocycles. The highest BCUT2D eigenvalue weighted by Crippen LogP contribution is 2.18. The first-order chi connectivity index (χ1) is 4.36. The van der Waals surface area contributed by atoms with Gasteiger partial charge in [0.2, 0.25) is 5.91 Å². The van der Waals surface area contributed by atoms with Crippen LogP contribution in [0.5, 0.6) is 0 Å². The fourth-order valence-corrected chi connectivity index (χ4v) is 1.62. The SMILES string of the molecule is Cl.O=C1C[C@H]2CNC[C@H]2N1. The molecule has 2 fully saturated rings. The smallest absolute Gasteiger partial charge is 0.220 e. The molecule has 0 unspecified atom stereocenters. The van der Waals surface area contributed by atoms with Crippen LogP contribution in [0.25, 0.3) is 0 Å². The Bertz CT molecular complexity index is 137. The maximum atomic E-state index is 10.7. The quantitative estimate of drug-likeness (QED) is 0.505. The number of carbonyl (C=O) groups is 1. The summed E-state index contributed by atoms with van der Waals surface area (Å²) < 4.78 is 0. The normalized spacial score (nSPS) is 36.6. The van der Waals surface area contributed by atoms with E-state index in [4.69, 9.17) is 0 Å². The third kappa shape index (κ3) is 1.11. The van der Waals surface area contributed by atoms with E-state index in [0.29, 0.717) is 12.0 Å². The van der Waals surface area contributed by atoms with Crippen molar-refractivity contribution in [1.82, 2.24) is 10.6 Å². The van der Waals surface area contributed by atoms with Gasteiger partial charge in [-0.15, -0.1) is 12.4 Å². The van der Waals surface area contributed by atoms with Gasteiger partial charge in [0.05, 0.1) is 0 Å². The summed E-state index contributed by atoms with van der Waals surface area (Å²) in [5.41, 5.74) is 0. The molecule has 4 heteroatoms. The highest BCUT2D eigenvalue weighted by Gasteiger charge is 2.35. The number of rotatable bonds is 0. The van der Waals surface area contributed by atoms with E-state index in [0.717, 1.165) is 19.5 Å². The predicted octanol–water partition coefficient (Wildman–Crippen LogP) is -0.484. The van der Waals surface area contributed by atoms with E-state index in [2.05, 4.69) is 10.6 Å². The molecule has 58 valence electrons. The minimum absolute atomic E-state index is 0. The van der Waals surface area contributed by atoms with Gasteiger partial charge >= 0.3 is 0 Å². The highest BCUT2D eigenvalue weighted by molar-refractivity contribution is 5.85. The monoisotopic (exact) mass is 162 g/mol. The number of hydrogen-bond acceptors (Lipinski definition) is 2. The molecule has 2 rings (SSSR count). The maximum absolute atomic E-state index is 10.7. The van der Waals surface area contributed by atoms with Crippen molar-refractivity contribution in [3.63, 3.8) is 0 Å². The molecular weight excluding hydrogens is 152 g/mol. The largest absolute Gasteiger partial charge is 0.352 e. The van der Waals surface area contributed by atoms with Crippen LogP contribution in [0.15, 0.2) is 0 Å². The Kier molecular flexibility index (Phi) is 2.16. The van der Waals surface area contributed by atoms with E-state index >= 15 is 0 Å². The summed E-state index contributed by atoms with van der Waals surface area (Å²) in [6, 6.07) is 0.442. The fourth-order valence-electron chi connectivity index (χ4n) is 1.62. The molecule has 0 radical (unpaired) electrons. The molecule has 0 bridgehead atoms. The van der Waals surface area contributed by atoms with Crippen LogP contribution in [-0.4, -0.2) is 25.0 Å². The van der Waals surface area contributed by atoms with Gasteiger partial charge in [0.15, 0.2) is 0 Å². The third-order valence-electron chi connectivity index (χ3n) is 2.13. The van der Waals surface area contributed by atoms with E-state index < -0.39 is 0 Å². The first kappa shape index (κ1) is 7.82. The first-order valence-electron chi connectivity index (χ1n) is 3.36. The molecule has 2 N–H and O–H groups in total. The lowest BCUT2D eigenvalue weighted by molar-refractivity contribution is -0.119. The third-order valence-corrected chi connectivity index (χ3v) is 2.13. The predicted molar refractivity (Wildman–Crippen MR) is 40.2 cm³/mol. The number of nitrogens with one attached hydrogen (secondary N) is 2. The van der Waals surface area contributed by atoms with Crippen molar-refractivity contribution in [3.8, 4) is 0 Å². The fraction of sp³-hybridized carbons (Fsp3) is 0.833. The first-order valence-corrected chi connectivity index (χ1v) is 3.36. The molecule has 1 amide bonds. The molecule has 0 aromatic rings. The summed E-state index contributed by atoms with van der Waals surface area (Å²) in [6.45, 7) is 1.99. The Labute approximate surface area is 66.0 Å². The summed E-state index contributed by atoms with van der Waals surface area (Å²) in [6.07, 6.45) is 0.734. The molecule has 3 nitrogen and oxygen atoms in total. The standard InChI is InChI=1S/C6H10N2O.ClH/c9-6-1-4-2-7-3-5(4)8-6;/h4-5,7H,1-3H2,(H,8,9);1H/t4-,5+;/m0./s1. The van der Waals surface area contributed by atoms with Crippen LogP contribution >= 0.6 is 12.4 Å². The lowest BCUT2D eigenvalue weighted by Crippen LogP contribution is -2.30. The molecule has 2 heterocycles. The Morgan fingerprint density at radius 3 is 2.90 bits per heavy atom. The van der Waals surface area contributed by atoms with Gasteiger partial charge in [-0.1, -0.05) is 0 Å². The number of hydrogen-bond donors (Lipinski definition) is 2. The number of carbonyl (C=O) groups excluding carboxylic acids is 1. The van der Waals surface area contributed by atoms with Gasteiger partial charge in [0, 0.05) is 31.5 Å². The Balaban J connectivity index is 0.000000500. The topological polar surface area (TPSA) is 41.1 Å². The summed E-state index contributed by atoms with van der Waals surface area (Å²) >= 11 is 0. The van der Waals surface area contributed by atoms with Crippen molar-refractivity contribution >= 4 is 18.3 Å². The van der Waals surface area contributed by atoms with Crippen molar-refractivity contribution in [2.45, 2.75) is 12.5 Å². The van der Waals surface area contributed by atoms with E-state index in [1.165, 1.54) is 0 Å². The minimum atomic E-state index is 0. The van der Waals surface area contributed by atoms with Gasteiger partial charge in [0.1, 0.15) is 0 Å². The second-order valence-corrected chi connectivity index (χ2v) is 2.80. The maximum Gasteiger partial charge on any atom is 0.220 e. The molecule has 10 heavy (non-hydrogen) atoms. The zero-order valence-corrected chi connectivity index (χ0v) is 6.41. The van der Waals surface area contributed by atoms with Crippen molar-refractivity contribution in [1.29, 1.82) is 0 Å². The van der Waals surface area contributed by atoms with Crippen molar-refractivity contribution in [3.05, 3.63) is 0 Å². The van der Waals surface area contributed by atoms with Crippen LogP contribution in [0.1, 0.15) is 6.42 Å². The summed E-state index contributed by atoms with van der Waals surface area (Å²) in [5.74, 6) is 0.809. The summed E-state index contributed by atoms with van der Waals surface area (Å²) in [4.78, 5) is 10.7. The lowest BCUT2D eigenvalue weighted by Gasteiger charge is -2.03. The summed E-state index contributed by atoms with van der Waals surface area (Å²) in [7, 11) is 0. The van der Waals surface area contributed by atoms with Crippen LogP contribution in [0.2, 0.25) is 0 Å². The van der Waals surface area contributed by atoms with Crippen molar-refractivity contribution in [2.24, 2.45) is 5.92 Å². The molecule has 0 aromatic heterocycles. The Hall–Kier alpha value is -0.280. The van der Waals surface area contributed by atoms with Gasteiger partial charge in [-0.3, -0.25) is 4.79 Å². The molecule has 2 aliphatic rings. The highest BCUT2D eigenvalue weighted by atomic mass is 35.5. The van der Waals surface area contributed by atoms with Crippen LogP contribution in [-0.2, 0) is 4.79 Å². The minimum Gasteiger partial charge on any atom is -0.352 e. The number of fused-ring (bicyclic) bond motifs is 1. The van der Waals surface area contributed by atoms with Gasteiger partial charge in [-0.05, 0) is 0 Å². The van der Waals surface area contributed by atoms with Crippen LogP contribution in [0, 0.1) is 5.92 Å². The van der Waals surface area contributed by atoms with Gasteiger partial charge < -0.3 is 10.6 Å². The second-order valence-electron chi connectivity index (χ2n) is 2.80. The molecule has 0 aromatic carbocycles. The van der Waals surface area contributed by atoms with E-state index in [1.54, 1.807) is 0 Å². The van der Waals surface area contributed by atoms with Crippen molar-refractivity contribution < 1.29 is 4.79 Å². The average molecular weight is 163 g/mol.